The third-order valence-electron chi connectivity index (χ3n) is 6.76. The maximum atomic E-state index is 12.3. The van der Waals surface area contributed by atoms with E-state index in [1.54, 1.807) is 0 Å². The van der Waals surface area contributed by atoms with Crippen molar-refractivity contribution < 1.29 is 4.21 Å². The summed E-state index contributed by atoms with van der Waals surface area (Å²) < 4.78 is 12.3. The summed E-state index contributed by atoms with van der Waals surface area (Å²) in [6.07, 6.45) is 6.96. The van der Waals surface area contributed by atoms with Crippen molar-refractivity contribution in [3.63, 3.8) is 0 Å². The Balaban J connectivity index is 1.62. The van der Waals surface area contributed by atoms with Crippen LogP contribution in [0.2, 0.25) is 0 Å². The molecule has 3 unspecified atom stereocenters. The molecule has 1 aromatic rings. The fraction of sp³-hybridized carbons (Fsp3) is 0.720. The van der Waals surface area contributed by atoms with Crippen molar-refractivity contribution in [3.05, 3.63) is 35.4 Å². The van der Waals surface area contributed by atoms with Crippen molar-refractivity contribution in [2.75, 3.05) is 25.4 Å². The summed E-state index contributed by atoms with van der Waals surface area (Å²) in [6.45, 7) is 11.5. The smallest absolute Gasteiger partial charge is 0.191 e. The average Bonchev–Trinajstić information content (AvgIpc) is 2.79. The molecule has 3 rings (SSSR count). The summed E-state index contributed by atoms with van der Waals surface area (Å²) in [7, 11) is -0.700. The molecular formula is C25H42N4OS. The van der Waals surface area contributed by atoms with Crippen molar-refractivity contribution in [3.8, 4) is 0 Å². The first kappa shape index (κ1) is 24.2. The van der Waals surface area contributed by atoms with Crippen LogP contribution in [0.1, 0.15) is 70.4 Å². The van der Waals surface area contributed by atoms with Gasteiger partial charge in [-0.15, -0.1) is 0 Å². The zero-order valence-electron chi connectivity index (χ0n) is 19.7. The van der Waals surface area contributed by atoms with E-state index in [4.69, 9.17) is 4.99 Å². The molecule has 31 heavy (non-hydrogen) atoms. The fourth-order valence-electron chi connectivity index (χ4n) is 4.76. The van der Waals surface area contributed by atoms with Gasteiger partial charge in [-0.05, 0) is 69.2 Å². The molecule has 1 heterocycles. The van der Waals surface area contributed by atoms with Gasteiger partial charge in [-0.3, -0.25) is 9.11 Å². The van der Waals surface area contributed by atoms with Gasteiger partial charge in [0.1, 0.15) is 0 Å². The highest BCUT2D eigenvalue weighted by Gasteiger charge is 2.26. The van der Waals surface area contributed by atoms with Crippen molar-refractivity contribution in [1.29, 1.82) is 0 Å². The minimum absolute atomic E-state index is 0.326. The van der Waals surface area contributed by atoms with Crippen LogP contribution in [0.4, 0.5) is 0 Å². The van der Waals surface area contributed by atoms with E-state index in [0.29, 0.717) is 17.8 Å². The minimum atomic E-state index is -0.700. The Labute approximate surface area is 191 Å². The van der Waals surface area contributed by atoms with Crippen molar-refractivity contribution in [2.45, 2.75) is 83.7 Å². The van der Waals surface area contributed by atoms with Crippen LogP contribution in [0.25, 0.3) is 0 Å². The molecule has 0 aromatic heterocycles. The number of guanidine groups is 1. The Kier molecular flexibility index (Phi) is 9.85. The molecule has 1 saturated carbocycles. The Morgan fingerprint density at radius 3 is 2.58 bits per heavy atom. The number of likely N-dealkylation sites (tertiary alicyclic amines) is 1. The molecule has 1 aliphatic heterocycles. The second kappa shape index (κ2) is 12.6. The van der Waals surface area contributed by atoms with Gasteiger partial charge >= 0.3 is 0 Å². The Hall–Kier alpha value is -1.40. The van der Waals surface area contributed by atoms with Gasteiger partial charge in [-0.25, -0.2) is 4.99 Å². The number of aliphatic imine (C=N–C) groups is 1. The zero-order chi connectivity index (χ0) is 22.1. The Bertz CT molecular complexity index is 730. The highest BCUT2D eigenvalue weighted by atomic mass is 32.2. The standard InChI is InChI=1S/C25H42N4OS/c1-4-26-25(28-23-11-8-12-24(17-23)31(30)5-2)27-18-21-9-6-7-10-22(21)19-29-15-13-20(3)14-16-29/h6-7,9-10,20,23-24H,4-5,8,11-19H2,1-3H3,(H2,26,27,28). The lowest BCUT2D eigenvalue weighted by molar-refractivity contribution is 0.185. The molecule has 1 aromatic carbocycles. The third-order valence-corrected chi connectivity index (χ3v) is 8.50. The topological polar surface area (TPSA) is 56.7 Å². The molecule has 5 nitrogen and oxygen atoms in total. The first-order valence-electron chi connectivity index (χ1n) is 12.3. The molecule has 0 amide bonds. The number of rotatable bonds is 8. The van der Waals surface area contributed by atoms with Gasteiger partial charge < -0.3 is 10.6 Å². The lowest BCUT2D eigenvalue weighted by atomic mass is 9.95. The van der Waals surface area contributed by atoms with E-state index in [9.17, 15) is 4.21 Å². The fourth-order valence-corrected chi connectivity index (χ4v) is 6.10. The largest absolute Gasteiger partial charge is 0.357 e. The zero-order valence-corrected chi connectivity index (χ0v) is 20.6. The quantitative estimate of drug-likeness (QED) is 0.467. The number of hydrogen-bond donors (Lipinski definition) is 2. The molecular weight excluding hydrogens is 404 g/mol. The second-order valence-electron chi connectivity index (χ2n) is 9.22. The van der Waals surface area contributed by atoms with Crippen LogP contribution in [0.15, 0.2) is 29.3 Å². The maximum Gasteiger partial charge on any atom is 0.191 e. The van der Waals surface area contributed by atoms with Crippen molar-refractivity contribution >= 4 is 16.8 Å². The maximum absolute atomic E-state index is 12.3. The molecule has 3 atom stereocenters. The van der Waals surface area contributed by atoms with Crippen LogP contribution in [0.5, 0.6) is 0 Å². The summed E-state index contributed by atoms with van der Waals surface area (Å²) in [6, 6.07) is 9.11. The van der Waals surface area contributed by atoms with E-state index in [-0.39, 0.29) is 0 Å². The summed E-state index contributed by atoms with van der Waals surface area (Å²) in [4.78, 5) is 7.52. The lowest BCUT2D eigenvalue weighted by Crippen LogP contribution is -2.46. The third kappa shape index (κ3) is 7.60. The predicted octanol–water partition coefficient (Wildman–Crippen LogP) is 4.05. The summed E-state index contributed by atoms with van der Waals surface area (Å²) in [5.41, 5.74) is 2.71. The van der Waals surface area contributed by atoms with E-state index < -0.39 is 10.8 Å². The van der Waals surface area contributed by atoms with Crippen LogP contribution >= 0.6 is 0 Å². The number of hydrogen-bond acceptors (Lipinski definition) is 3. The minimum Gasteiger partial charge on any atom is -0.357 e. The Morgan fingerprint density at radius 1 is 1.13 bits per heavy atom. The van der Waals surface area contributed by atoms with Gasteiger partial charge in [0, 0.05) is 40.9 Å². The van der Waals surface area contributed by atoms with Gasteiger partial charge in [0.25, 0.3) is 0 Å². The molecule has 0 radical (unpaired) electrons. The molecule has 2 aliphatic rings. The van der Waals surface area contributed by atoms with Crippen LogP contribution in [0.3, 0.4) is 0 Å². The van der Waals surface area contributed by atoms with E-state index in [0.717, 1.165) is 56.4 Å². The van der Waals surface area contributed by atoms with Crippen LogP contribution < -0.4 is 10.6 Å². The van der Waals surface area contributed by atoms with E-state index >= 15 is 0 Å². The molecule has 174 valence electrons. The SMILES string of the molecule is CCNC(=NCc1ccccc1CN1CCC(C)CC1)NC1CCCC(S(=O)CC)C1. The van der Waals surface area contributed by atoms with E-state index in [1.165, 1.54) is 37.1 Å². The van der Waals surface area contributed by atoms with Gasteiger partial charge in [-0.1, -0.05) is 44.5 Å². The first-order chi connectivity index (χ1) is 15.1. The second-order valence-corrected chi connectivity index (χ2v) is 11.2. The van der Waals surface area contributed by atoms with Crippen LogP contribution in [-0.4, -0.2) is 51.7 Å². The number of nitrogens with one attached hydrogen (secondary N) is 2. The van der Waals surface area contributed by atoms with Gasteiger partial charge in [0.15, 0.2) is 5.96 Å². The monoisotopic (exact) mass is 446 g/mol. The molecule has 2 N–H and O–H groups in total. The van der Waals surface area contributed by atoms with Crippen molar-refractivity contribution in [2.24, 2.45) is 10.9 Å². The normalized spacial score (nSPS) is 24.7. The highest BCUT2D eigenvalue weighted by Crippen LogP contribution is 2.23. The van der Waals surface area contributed by atoms with Gasteiger partial charge in [-0.2, -0.15) is 0 Å². The molecule has 1 saturated heterocycles. The van der Waals surface area contributed by atoms with E-state index in [1.807, 2.05) is 6.92 Å². The summed E-state index contributed by atoms with van der Waals surface area (Å²) in [5.74, 6) is 2.51. The molecule has 1 aliphatic carbocycles. The molecule has 0 spiro atoms. The van der Waals surface area contributed by atoms with Crippen molar-refractivity contribution in [1.82, 2.24) is 15.5 Å². The Morgan fingerprint density at radius 2 is 1.87 bits per heavy atom. The van der Waals surface area contributed by atoms with E-state index in [2.05, 4.69) is 53.6 Å². The first-order valence-corrected chi connectivity index (χ1v) is 13.7. The number of piperidine rings is 1. The predicted molar refractivity (Wildman–Crippen MR) is 133 cm³/mol. The van der Waals surface area contributed by atoms with Gasteiger partial charge in [0.2, 0.25) is 0 Å². The van der Waals surface area contributed by atoms with Gasteiger partial charge in [0.05, 0.1) is 6.54 Å². The van der Waals surface area contributed by atoms with Crippen LogP contribution in [-0.2, 0) is 23.9 Å². The summed E-state index contributed by atoms with van der Waals surface area (Å²) in [5, 5.41) is 7.38. The number of benzene rings is 1. The summed E-state index contributed by atoms with van der Waals surface area (Å²) >= 11 is 0. The molecule has 2 fully saturated rings. The lowest BCUT2D eigenvalue weighted by Gasteiger charge is -2.31. The average molecular weight is 447 g/mol. The van der Waals surface area contributed by atoms with Crippen LogP contribution in [0, 0.1) is 5.92 Å². The molecule has 0 bridgehead atoms. The molecule has 6 heteroatoms. The highest BCUT2D eigenvalue weighted by molar-refractivity contribution is 7.85. The number of nitrogens with zero attached hydrogens (tertiary/aromatic N) is 2.